The number of fused-ring (bicyclic) bond motifs is 2. The Morgan fingerprint density at radius 1 is 1.11 bits per heavy atom. The van der Waals surface area contributed by atoms with Gasteiger partial charge in [-0.25, -0.2) is 9.79 Å². The molecule has 38 heavy (non-hydrogen) atoms. The Kier molecular flexibility index (Phi) is 7.91. The first kappa shape index (κ1) is 25.8. The van der Waals surface area contributed by atoms with Crippen LogP contribution in [0.4, 0.5) is 5.69 Å². The number of nitrogens with one attached hydrogen (secondary N) is 1. The van der Waals surface area contributed by atoms with E-state index in [1.165, 1.54) is 6.42 Å². The van der Waals surface area contributed by atoms with Crippen LogP contribution in [-0.2, 0) is 20.9 Å². The van der Waals surface area contributed by atoms with Gasteiger partial charge >= 0.3 is 5.97 Å². The SMILES string of the molecule is CC(OC(=O)c1ccccc1)N(C(=O)CCCOc1ccc2c(c1)CN1CC(=O)NC1=N2)C1CCCCC1. The van der Waals surface area contributed by atoms with Crippen molar-refractivity contribution in [1.82, 2.24) is 15.1 Å². The molecule has 2 aromatic carbocycles. The van der Waals surface area contributed by atoms with Crippen molar-refractivity contribution >= 4 is 29.4 Å². The van der Waals surface area contributed by atoms with E-state index in [4.69, 9.17) is 9.47 Å². The molecule has 200 valence electrons. The molecule has 5 rings (SSSR count). The van der Waals surface area contributed by atoms with Crippen LogP contribution in [0.1, 0.15) is 67.8 Å². The first-order valence-electron chi connectivity index (χ1n) is 13.4. The molecule has 3 aliphatic rings. The maximum Gasteiger partial charge on any atom is 0.340 e. The van der Waals surface area contributed by atoms with Crippen molar-refractivity contribution in [3.05, 3.63) is 59.7 Å². The molecule has 2 heterocycles. The van der Waals surface area contributed by atoms with Gasteiger partial charge in [0.1, 0.15) is 12.3 Å². The Morgan fingerprint density at radius 2 is 1.89 bits per heavy atom. The summed E-state index contributed by atoms with van der Waals surface area (Å²) in [5.41, 5.74) is 2.29. The molecule has 1 atom stereocenters. The number of amides is 2. The van der Waals surface area contributed by atoms with E-state index in [-0.39, 0.29) is 17.9 Å². The number of guanidine groups is 1. The lowest BCUT2D eigenvalue weighted by molar-refractivity contribution is -0.146. The highest BCUT2D eigenvalue weighted by molar-refractivity contribution is 6.05. The van der Waals surface area contributed by atoms with E-state index in [1.54, 1.807) is 36.1 Å². The van der Waals surface area contributed by atoms with Crippen LogP contribution in [-0.4, -0.2) is 59.0 Å². The lowest BCUT2D eigenvalue weighted by Gasteiger charge is -2.38. The van der Waals surface area contributed by atoms with Crippen molar-refractivity contribution < 1.29 is 23.9 Å². The molecule has 2 fully saturated rings. The average Bonchev–Trinajstić information content (AvgIpc) is 3.29. The van der Waals surface area contributed by atoms with Gasteiger partial charge in [-0.1, -0.05) is 37.5 Å². The number of carbonyl (C=O) groups is 3. The third kappa shape index (κ3) is 5.98. The van der Waals surface area contributed by atoms with Crippen LogP contribution in [0.25, 0.3) is 0 Å². The van der Waals surface area contributed by atoms with Gasteiger partial charge in [0.2, 0.25) is 17.8 Å². The van der Waals surface area contributed by atoms with Gasteiger partial charge in [-0.05, 0) is 56.5 Å². The molecule has 2 aromatic rings. The van der Waals surface area contributed by atoms with Gasteiger partial charge in [0, 0.05) is 24.6 Å². The molecule has 0 spiro atoms. The van der Waals surface area contributed by atoms with Crippen molar-refractivity contribution in [2.24, 2.45) is 4.99 Å². The molecule has 0 radical (unpaired) electrons. The number of benzene rings is 2. The monoisotopic (exact) mass is 518 g/mol. The quantitative estimate of drug-likeness (QED) is 0.304. The van der Waals surface area contributed by atoms with Gasteiger partial charge in [-0.2, -0.15) is 0 Å². The lowest BCUT2D eigenvalue weighted by atomic mass is 9.93. The van der Waals surface area contributed by atoms with Gasteiger partial charge in [-0.15, -0.1) is 0 Å². The van der Waals surface area contributed by atoms with Crippen LogP contribution >= 0.6 is 0 Å². The first-order chi connectivity index (χ1) is 18.5. The number of hydrogen-bond donors (Lipinski definition) is 1. The molecule has 1 saturated heterocycles. The van der Waals surface area contributed by atoms with Gasteiger partial charge in [0.05, 0.1) is 17.9 Å². The number of ether oxygens (including phenoxy) is 2. The Morgan fingerprint density at radius 3 is 2.68 bits per heavy atom. The average molecular weight is 519 g/mol. The van der Waals surface area contributed by atoms with Gasteiger partial charge in [-0.3, -0.25) is 14.9 Å². The highest BCUT2D eigenvalue weighted by Gasteiger charge is 2.32. The predicted octanol–water partition coefficient (Wildman–Crippen LogP) is 4.14. The summed E-state index contributed by atoms with van der Waals surface area (Å²) in [7, 11) is 0. The number of hydrogen-bond acceptors (Lipinski definition) is 7. The largest absolute Gasteiger partial charge is 0.494 e. The first-order valence-corrected chi connectivity index (χ1v) is 13.4. The van der Waals surface area contributed by atoms with E-state index in [9.17, 15) is 14.4 Å². The number of rotatable bonds is 9. The van der Waals surface area contributed by atoms with Crippen LogP contribution in [0.2, 0.25) is 0 Å². The van der Waals surface area contributed by atoms with Crippen molar-refractivity contribution in [2.45, 2.75) is 70.7 Å². The van der Waals surface area contributed by atoms with Crippen LogP contribution in [0.15, 0.2) is 53.5 Å². The molecular formula is C29H34N4O5. The summed E-state index contributed by atoms with van der Waals surface area (Å²) in [6.07, 6.45) is 5.37. The number of esters is 1. The Labute approximate surface area is 222 Å². The van der Waals surface area contributed by atoms with Crippen LogP contribution < -0.4 is 10.1 Å². The second-order valence-electron chi connectivity index (χ2n) is 10.0. The summed E-state index contributed by atoms with van der Waals surface area (Å²) in [5, 5.41) is 2.77. The third-order valence-corrected chi connectivity index (χ3v) is 7.26. The number of nitrogens with zero attached hydrogens (tertiary/aromatic N) is 3. The fourth-order valence-corrected chi connectivity index (χ4v) is 5.39. The molecule has 0 aromatic heterocycles. The van der Waals surface area contributed by atoms with E-state index in [0.717, 1.165) is 36.9 Å². The Balaban J connectivity index is 1.15. The summed E-state index contributed by atoms with van der Waals surface area (Å²) < 4.78 is 11.7. The van der Waals surface area contributed by atoms with Gasteiger partial charge in [0.15, 0.2) is 6.23 Å². The highest BCUT2D eigenvalue weighted by Crippen LogP contribution is 2.31. The molecule has 2 aliphatic heterocycles. The molecule has 9 nitrogen and oxygen atoms in total. The van der Waals surface area contributed by atoms with E-state index < -0.39 is 12.2 Å². The van der Waals surface area contributed by atoms with E-state index in [2.05, 4.69) is 10.3 Å². The van der Waals surface area contributed by atoms with Crippen LogP contribution in [0, 0.1) is 0 Å². The van der Waals surface area contributed by atoms with Crippen molar-refractivity contribution in [2.75, 3.05) is 13.2 Å². The zero-order valence-electron chi connectivity index (χ0n) is 21.7. The summed E-state index contributed by atoms with van der Waals surface area (Å²) in [6.45, 7) is 3.08. The number of aliphatic imine (C=N–C) groups is 1. The van der Waals surface area contributed by atoms with Crippen molar-refractivity contribution in [1.29, 1.82) is 0 Å². The smallest absolute Gasteiger partial charge is 0.340 e. The minimum absolute atomic E-state index is 0.0210. The summed E-state index contributed by atoms with van der Waals surface area (Å²) in [4.78, 5) is 45.9. The van der Waals surface area contributed by atoms with Crippen molar-refractivity contribution in [3.8, 4) is 5.75 Å². The number of carbonyl (C=O) groups excluding carboxylic acids is 3. The van der Waals surface area contributed by atoms with Crippen LogP contribution in [0.5, 0.6) is 5.75 Å². The molecule has 9 heteroatoms. The Bertz CT molecular complexity index is 1210. The standard InChI is InChI=1S/C29H34N4O5/c1-20(38-28(36)21-9-4-2-5-10-21)33(23-11-6-3-7-12-23)27(35)13-8-16-37-24-14-15-25-22(17-24)18-32-19-26(34)31-29(32)30-25/h2,4-5,9-10,14-15,17,20,23H,3,6-8,11-13,16,18-19H2,1H3,(H,30,31,34). The topological polar surface area (TPSA) is 101 Å². The lowest BCUT2D eigenvalue weighted by Crippen LogP contribution is -2.48. The highest BCUT2D eigenvalue weighted by atomic mass is 16.6. The molecule has 1 unspecified atom stereocenters. The maximum atomic E-state index is 13.4. The summed E-state index contributed by atoms with van der Waals surface area (Å²) in [5.74, 6) is 0.813. The van der Waals surface area contributed by atoms with E-state index >= 15 is 0 Å². The van der Waals surface area contributed by atoms with E-state index in [1.807, 2.05) is 29.2 Å². The van der Waals surface area contributed by atoms with Crippen molar-refractivity contribution in [3.63, 3.8) is 0 Å². The molecule has 1 saturated carbocycles. The zero-order chi connectivity index (χ0) is 26.5. The minimum atomic E-state index is -0.641. The minimum Gasteiger partial charge on any atom is -0.494 e. The summed E-state index contributed by atoms with van der Waals surface area (Å²) in [6, 6.07) is 14.6. The Hall–Kier alpha value is -3.88. The predicted molar refractivity (Wildman–Crippen MR) is 142 cm³/mol. The molecular weight excluding hydrogens is 484 g/mol. The summed E-state index contributed by atoms with van der Waals surface area (Å²) >= 11 is 0. The fourth-order valence-electron chi connectivity index (χ4n) is 5.39. The second kappa shape index (κ2) is 11.7. The van der Waals surface area contributed by atoms with E-state index in [0.29, 0.717) is 49.8 Å². The zero-order valence-corrected chi connectivity index (χ0v) is 21.7. The molecule has 1 aliphatic carbocycles. The third-order valence-electron chi connectivity index (χ3n) is 7.26. The second-order valence-corrected chi connectivity index (χ2v) is 10.0. The maximum absolute atomic E-state index is 13.4. The molecule has 1 N–H and O–H groups in total. The molecule has 0 bridgehead atoms. The fraction of sp³-hybridized carbons (Fsp3) is 0.448. The van der Waals surface area contributed by atoms with Gasteiger partial charge in [0.25, 0.3) is 0 Å². The van der Waals surface area contributed by atoms with Gasteiger partial charge < -0.3 is 19.3 Å². The normalized spacial score (nSPS) is 17.6. The molecule has 2 amide bonds. The van der Waals surface area contributed by atoms with Crippen LogP contribution in [0.3, 0.4) is 0 Å².